The van der Waals surface area contributed by atoms with Crippen LogP contribution in [0.3, 0.4) is 0 Å². The van der Waals surface area contributed by atoms with Crippen molar-refractivity contribution in [2.75, 3.05) is 37.2 Å². The molecule has 0 aliphatic carbocycles. The van der Waals surface area contributed by atoms with Gasteiger partial charge in [-0.1, -0.05) is 61.9 Å². The molecule has 2 aromatic carbocycles. The van der Waals surface area contributed by atoms with Gasteiger partial charge in [-0.15, -0.1) is 0 Å². The first-order valence-corrected chi connectivity index (χ1v) is 15.1. The van der Waals surface area contributed by atoms with E-state index in [0.29, 0.717) is 39.0 Å². The molecule has 8 nitrogen and oxygen atoms in total. The summed E-state index contributed by atoms with van der Waals surface area (Å²) in [5.74, 6) is -0.143. The molecule has 2 aromatic rings. The zero-order valence-corrected chi connectivity index (χ0v) is 24.1. The molecule has 0 atom stereocenters. The lowest BCUT2D eigenvalue weighted by Gasteiger charge is -2.39. The zero-order valence-electron chi connectivity index (χ0n) is 23.3. The van der Waals surface area contributed by atoms with Crippen molar-refractivity contribution in [3.63, 3.8) is 0 Å². The summed E-state index contributed by atoms with van der Waals surface area (Å²) < 4.78 is 26.8. The summed E-state index contributed by atoms with van der Waals surface area (Å²) in [5.41, 5.74) is 3.92. The largest absolute Gasteiger partial charge is 0.334 e. The summed E-state index contributed by atoms with van der Waals surface area (Å²) in [4.78, 5) is 30.2. The van der Waals surface area contributed by atoms with E-state index in [4.69, 9.17) is 0 Å². The number of hydrogen-bond donors (Lipinski definition) is 1. The average molecular weight is 543 g/mol. The molecule has 208 valence electrons. The van der Waals surface area contributed by atoms with Crippen LogP contribution in [0.2, 0.25) is 0 Å². The normalized spacial score (nSPS) is 14.7. The maximum Gasteiger partial charge on any atom is 0.321 e. The number of aryl methyl sites for hydroxylation is 2. The summed E-state index contributed by atoms with van der Waals surface area (Å²) in [6, 6.07) is 15.5. The standard InChI is InChI=1S/C29H42N4O4S/c1-6-38(36,37)32(19-22(2)3)21-28(34)33(20-25-13-11-23(4)12-14-25)26-15-17-31(18-16-26)29(35)30-27-10-8-7-9-24(27)5/h7-14,22,26H,6,15-21H2,1-5H3,(H,30,35). The maximum atomic E-state index is 13.7. The first kappa shape index (κ1) is 29.6. The Hall–Kier alpha value is -2.91. The van der Waals surface area contributed by atoms with Gasteiger partial charge in [0.05, 0.1) is 12.3 Å². The number of sulfonamides is 1. The number of likely N-dealkylation sites (tertiary alicyclic amines) is 1. The number of anilines is 1. The van der Waals surface area contributed by atoms with Crippen molar-refractivity contribution in [1.82, 2.24) is 14.1 Å². The lowest BCUT2D eigenvalue weighted by molar-refractivity contribution is -0.135. The Labute approximate surface area is 228 Å². The third-order valence-electron chi connectivity index (χ3n) is 7.01. The second-order valence-electron chi connectivity index (χ2n) is 10.6. The molecule has 0 saturated carbocycles. The lowest BCUT2D eigenvalue weighted by atomic mass is 10.0. The van der Waals surface area contributed by atoms with Crippen molar-refractivity contribution in [2.45, 2.75) is 60.0 Å². The minimum absolute atomic E-state index is 0.0423. The van der Waals surface area contributed by atoms with Gasteiger partial charge in [-0.25, -0.2) is 13.2 Å². The minimum atomic E-state index is -3.52. The van der Waals surface area contributed by atoms with Crippen molar-refractivity contribution in [1.29, 1.82) is 0 Å². The van der Waals surface area contributed by atoms with Crippen molar-refractivity contribution in [3.8, 4) is 0 Å². The molecule has 3 amide bonds. The van der Waals surface area contributed by atoms with Gasteiger partial charge in [-0.3, -0.25) is 4.79 Å². The minimum Gasteiger partial charge on any atom is -0.334 e. The van der Waals surface area contributed by atoms with E-state index in [1.807, 2.05) is 81.1 Å². The van der Waals surface area contributed by atoms with Gasteiger partial charge < -0.3 is 15.1 Å². The van der Waals surface area contributed by atoms with Gasteiger partial charge in [0.1, 0.15) is 0 Å². The number of carbonyl (C=O) groups is 2. The highest BCUT2D eigenvalue weighted by Crippen LogP contribution is 2.22. The van der Waals surface area contributed by atoms with E-state index in [-0.39, 0.29) is 36.2 Å². The molecule has 0 radical (unpaired) electrons. The summed E-state index contributed by atoms with van der Waals surface area (Å²) in [6.07, 6.45) is 1.26. The summed E-state index contributed by atoms with van der Waals surface area (Å²) in [6.45, 7) is 11.0. The molecule has 1 heterocycles. The van der Waals surface area contributed by atoms with Crippen LogP contribution in [-0.2, 0) is 21.4 Å². The number of para-hydroxylation sites is 1. The highest BCUT2D eigenvalue weighted by atomic mass is 32.2. The zero-order chi connectivity index (χ0) is 27.9. The Bertz CT molecular complexity index is 1190. The Morgan fingerprint density at radius 2 is 1.66 bits per heavy atom. The van der Waals surface area contributed by atoms with E-state index in [9.17, 15) is 18.0 Å². The van der Waals surface area contributed by atoms with Gasteiger partial charge in [0.2, 0.25) is 15.9 Å². The monoisotopic (exact) mass is 542 g/mol. The highest BCUT2D eigenvalue weighted by Gasteiger charge is 2.32. The fourth-order valence-corrected chi connectivity index (χ4v) is 5.90. The van der Waals surface area contributed by atoms with Crippen LogP contribution < -0.4 is 5.32 Å². The van der Waals surface area contributed by atoms with Gasteiger partial charge >= 0.3 is 6.03 Å². The molecular weight excluding hydrogens is 500 g/mol. The summed E-state index contributed by atoms with van der Waals surface area (Å²) >= 11 is 0. The first-order chi connectivity index (χ1) is 18.0. The Morgan fingerprint density at radius 1 is 1.03 bits per heavy atom. The Balaban J connectivity index is 1.74. The number of carbonyl (C=O) groups excluding carboxylic acids is 2. The fourth-order valence-electron chi connectivity index (χ4n) is 4.71. The van der Waals surface area contributed by atoms with Crippen LogP contribution in [-0.4, -0.2) is 72.4 Å². The molecule has 38 heavy (non-hydrogen) atoms. The SMILES string of the molecule is CCS(=O)(=O)N(CC(=O)N(Cc1ccc(C)cc1)C1CCN(C(=O)Nc2ccccc2C)CC1)CC(C)C. The van der Waals surface area contributed by atoms with E-state index in [2.05, 4.69) is 5.32 Å². The Kier molecular flexibility index (Phi) is 10.3. The van der Waals surface area contributed by atoms with E-state index in [1.54, 1.807) is 11.8 Å². The van der Waals surface area contributed by atoms with Crippen LogP contribution in [0, 0.1) is 19.8 Å². The second kappa shape index (κ2) is 13.2. The molecule has 0 bridgehead atoms. The molecule has 9 heteroatoms. The van der Waals surface area contributed by atoms with Crippen molar-refractivity contribution < 1.29 is 18.0 Å². The number of piperidine rings is 1. The molecule has 0 spiro atoms. The van der Waals surface area contributed by atoms with Crippen molar-refractivity contribution in [2.24, 2.45) is 5.92 Å². The van der Waals surface area contributed by atoms with Crippen LogP contribution in [0.5, 0.6) is 0 Å². The predicted octanol–water partition coefficient (Wildman–Crippen LogP) is 4.64. The summed E-state index contributed by atoms with van der Waals surface area (Å²) in [7, 11) is -3.52. The molecule has 3 rings (SSSR count). The molecule has 0 unspecified atom stereocenters. The smallest absolute Gasteiger partial charge is 0.321 e. The van der Waals surface area contributed by atoms with Crippen LogP contribution >= 0.6 is 0 Å². The van der Waals surface area contributed by atoms with Crippen molar-refractivity contribution in [3.05, 3.63) is 65.2 Å². The molecule has 0 aromatic heterocycles. The van der Waals surface area contributed by atoms with Crippen LogP contribution in [0.25, 0.3) is 0 Å². The topological polar surface area (TPSA) is 90.0 Å². The fraction of sp³-hybridized carbons (Fsp3) is 0.517. The van der Waals surface area contributed by atoms with Crippen LogP contribution in [0.4, 0.5) is 10.5 Å². The number of rotatable bonds is 10. The van der Waals surface area contributed by atoms with Crippen LogP contribution in [0.15, 0.2) is 48.5 Å². The van der Waals surface area contributed by atoms with Crippen LogP contribution in [0.1, 0.15) is 50.3 Å². The lowest BCUT2D eigenvalue weighted by Crippen LogP contribution is -2.52. The predicted molar refractivity (Wildman–Crippen MR) is 152 cm³/mol. The Morgan fingerprint density at radius 3 is 2.24 bits per heavy atom. The van der Waals surface area contributed by atoms with Gasteiger partial charge in [-0.2, -0.15) is 4.31 Å². The number of hydrogen-bond acceptors (Lipinski definition) is 4. The van der Waals surface area contributed by atoms with E-state index < -0.39 is 10.0 Å². The number of nitrogens with zero attached hydrogens (tertiary/aromatic N) is 3. The quantitative estimate of drug-likeness (QED) is 0.474. The van der Waals surface area contributed by atoms with Gasteiger partial charge in [0, 0.05) is 37.9 Å². The molecule has 1 aliphatic rings. The first-order valence-electron chi connectivity index (χ1n) is 13.4. The van der Waals surface area contributed by atoms with E-state index >= 15 is 0 Å². The summed E-state index contributed by atoms with van der Waals surface area (Å²) in [5, 5.41) is 2.99. The van der Waals surface area contributed by atoms with Gasteiger partial charge in [-0.05, 0) is 56.7 Å². The molecule has 1 saturated heterocycles. The molecule has 1 N–H and O–H groups in total. The average Bonchev–Trinajstić information content (AvgIpc) is 2.89. The third kappa shape index (κ3) is 8.04. The number of urea groups is 1. The molecule has 1 fully saturated rings. The van der Waals surface area contributed by atoms with E-state index in [1.165, 1.54) is 4.31 Å². The number of amides is 3. The van der Waals surface area contributed by atoms with E-state index in [0.717, 1.165) is 22.4 Å². The third-order valence-corrected chi connectivity index (χ3v) is 8.81. The number of benzene rings is 2. The maximum absolute atomic E-state index is 13.7. The highest BCUT2D eigenvalue weighted by molar-refractivity contribution is 7.89. The number of nitrogens with one attached hydrogen (secondary N) is 1. The van der Waals surface area contributed by atoms with Gasteiger partial charge in [0.15, 0.2) is 0 Å². The van der Waals surface area contributed by atoms with Gasteiger partial charge in [0.25, 0.3) is 0 Å². The molecular formula is C29H42N4O4S. The molecule has 1 aliphatic heterocycles. The second-order valence-corrected chi connectivity index (χ2v) is 12.8. The van der Waals surface area contributed by atoms with Crippen molar-refractivity contribution >= 4 is 27.6 Å².